The van der Waals surface area contributed by atoms with Gasteiger partial charge in [0.05, 0.1) is 22.1 Å². The molecule has 9 rings (SSSR count). The molecule has 0 N–H and O–H groups in total. The summed E-state index contributed by atoms with van der Waals surface area (Å²) in [5.41, 5.74) is 13.8. The summed E-state index contributed by atoms with van der Waals surface area (Å²) >= 11 is 3.95. The summed E-state index contributed by atoms with van der Waals surface area (Å²) in [6, 6.07) is 49.3. The van der Waals surface area contributed by atoms with Crippen molar-refractivity contribution in [3.05, 3.63) is 160 Å². The number of rotatable bonds is 2. The average Bonchev–Trinajstić information content (AvgIpc) is 3.44. The molecule has 2 heteroatoms. The Kier molecular flexibility index (Phi) is 4.19. The van der Waals surface area contributed by atoms with Gasteiger partial charge in [0.1, 0.15) is 0 Å². The third-order valence-corrected chi connectivity index (χ3v) is 9.30. The monoisotopic (exact) mass is 559 g/mol. The Labute approximate surface area is 235 Å². The molecule has 1 aliphatic carbocycles. The van der Waals surface area contributed by atoms with E-state index in [1.54, 1.807) is 0 Å². The average molecular weight is 560 g/mol. The summed E-state index contributed by atoms with van der Waals surface area (Å²) in [7, 11) is 0. The molecule has 0 radical (unpaired) electrons. The lowest BCUT2D eigenvalue weighted by molar-refractivity contribution is 0.768. The van der Waals surface area contributed by atoms with Crippen molar-refractivity contribution in [1.29, 1.82) is 0 Å². The zero-order valence-corrected chi connectivity index (χ0v) is 22.6. The maximum Gasteiger partial charge on any atom is 0.0714 e. The highest BCUT2D eigenvalue weighted by molar-refractivity contribution is 9.10. The van der Waals surface area contributed by atoms with Crippen molar-refractivity contribution in [2.45, 2.75) is 5.41 Å². The molecule has 2 aliphatic rings. The van der Waals surface area contributed by atoms with Gasteiger partial charge in [-0.2, -0.15) is 0 Å². The SMILES string of the molecule is Brc1cc2c3c(c1)C(c1ccccc1)(c1ccccc1)c1ccc4c5ccccc5n(c4c1-3)-c1ccccc1-2. The van der Waals surface area contributed by atoms with Crippen molar-refractivity contribution in [3.63, 3.8) is 0 Å². The predicted molar refractivity (Wildman–Crippen MR) is 165 cm³/mol. The van der Waals surface area contributed by atoms with Crippen LogP contribution in [0.3, 0.4) is 0 Å². The number of aromatic nitrogens is 1. The number of benzene rings is 6. The van der Waals surface area contributed by atoms with Crippen LogP contribution in [0, 0.1) is 0 Å². The third-order valence-electron chi connectivity index (χ3n) is 8.85. The first-order chi connectivity index (χ1) is 19.3. The Morgan fingerprint density at radius 2 is 1.18 bits per heavy atom. The van der Waals surface area contributed by atoms with Gasteiger partial charge < -0.3 is 4.57 Å². The van der Waals surface area contributed by atoms with Gasteiger partial charge in [-0.3, -0.25) is 0 Å². The van der Waals surface area contributed by atoms with Crippen molar-refractivity contribution in [2.75, 3.05) is 0 Å². The van der Waals surface area contributed by atoms with Crippen molar-refractivity contribution in [2.24, 2.45) is 0 Å². The van der Waals surface area contributed by atoms with Crippen molar-refractivity contribution < 1.29 is 0 Å². The molecule has 0 saturated carbocycles. The van der Waals surface area contributed by atoms with Gasteiger partial charge in [-0.1, -0.05) is 125 Å². The minimum atomic E-state index is -0.437. The maximum absolute atomic E-state index is 3.95. The van der Waals surface area contributed by atoms with Crippen LogP contribution in [0.5, 0.6) is 0 Å². The Morgan fingerprint density at radius 1 is 0.513 bits per heavy atom. The number of nitrogens with zero attached hydrogens (tertiary/aromatic N) is 1. The Balaban J connectivity index is 1.61. The van der Waals surface area contributed by atoms with Gasteiger partial charge >= 0.3 is 0 Å². The molecule has 0 bridgehead atoms. The standard InChI is InChI=1S/C37H22BrN/c38-25-21-29-27-16-8-10-18-33(27)39-32-17-9-7-15-26(32)28-19-20-30-35(36(28)39)34(29)31(22-25)37(30,23-11-3-1-4-12-23)24-13-5-2-6-14-24/h1-22H. The largest absolute Gasteiger partial charge is 0.308 e. The summed E-state index contributed by atoms with van der Waals surface area (Å²) in [6.45, 7) is 0. The van der Waals surface area contributed by atoms with Crippen LogP contribution < -0.4 is 0 Å². The lowest BCUT2D eigenvalue weighted by Crippen LogP contribution is -2.28. The Morgan fingerprint density at radius 3 is 1.95 bits per heavy atom. The van der Waals surface area contributed by atoms with Crippen LogP contribution in [0.25, 0.3) is 49.7 Å². The molecular weight excluding hydrogens is 538 g/mol. The van der Waals surface area contributed by atoms with Gasteiger partial charge in [0, 0.05) is 26.4 Å². The van der Waals surface area contributed by atoms with Crippen LogP contribution in [0.15, 0.2) is 138 Å². The van der Waals surface area contributed by atoms with Crippen LogP contribution in [0.4, 0.5) is 0 Å². The first-order valence-corrected chi connectivity index (χ1v) is 14.2. The number of hydrogen-bond donors (Lipinski definition) is 0. The smallest absolute Gasteiger partial charge is 0.0714 e. The number of halogens is 1. The summed E-state index contributed by atoms with van der Waals surface area (Å²) in [5, 5.41) is 2.60. The van der Waals surface area contributed by atoms with Crippen LogP contribution in [-0.2, 0) is 5.41 Å². The highest BCUT2D eigenvalue weighted by Crippen LogP contribution is 2.62. The van der Waals surface area contributed by atoms with E-state index < -0.39 is 5.41 Å². The van der Waals surface area contributed by atoms with E-state index in [2.05, 4.69) is 154 Å². The van der Waals surface area contributed by atoms with E-state index >= 15 is 0 Å². The van der Waals surface area contributed by atoms with Gasteiger partial charge in [0.2, 0.25) is 0 Å². The van der Waals surface area contributed by atoms with Gasteiger partial charge in [-0.15, -0.1) is 0 Å². The molecule has 39 heavy (non-hydrogen) atoms. The van der Waals surface area contributed by atoms with Crippen molar-refractivity contribution in [1.82, 2.24) is 4.57 Å². The van der Waals surface area contributed by atoms with Crippen LogP contribution >= 0.6 is 15.9 Å². The van der Waals surface area contributed by atoms with Crippen molar-refractivity contribution >= 4 is 37.7 Å². The zero-order chi connectivity index (χ0) is 25.7. The fraction of sp³-hybridized carbons (Fsp3) is 0.0270. The molecule has 1 aliphatic heterocycles. The number of hydrogen-bond acceptors (Lipinski definition) is 0. The second-order valence-electron chi connectivity index (χ2n) is 10.6. The first kappa shape index (κ1) is 21.5. The summed E-state index contributed by atoms with van der Waals surface area (Å²) in [5.74, 6) is 0. The summed E-state index contributed by atoms with van der Waals surface area (Å²) in [4.78, 5) is 0. The van der Waals surface area contributed by atoms with E-state index in [4.69, 9.17) is 0 Å². The molecular formula is C37H22BrN. The van der Waals surface area contributed by atoms with E-state index in [1.807, 2.05) is 0 Å². The molecule has 6 aromatic carbocycles. The van der Waals surface area contributed by atoms with E-state index in [1.165, 1.54) is 72.0 Å². The second kappa shape index (κ2) is 7.59. The molecule has 1 aromatic heterocycles. The van der Waals surface area contributed by atoms with Gasteiger partial charge in [0.15, 0.2) is 0 Å². The molecule has 0 saturated heterocycles. The molecule has 0 fully saturated rings. The van der Waals surface area contributed by atoms with Crippen LogP contribution in [0.1, 0.15) is 22.3 Å². The van der Waals surface area contributed by atoms with Crippen LogP contribution in [-0.4, -0.2) is 4.57 Å². The molecule has 182 valence electrons. The van der Waals surface area contributed by atoms with Gasteiger partial charge in [-0.25, -0.2) is 0 Å². The van der Waals surface area contributed by atoms with E-state index in [0.717, 1.165) is 4.47 Å². The lowest BCUT2D eigenvalue weighted by Gasteiger charge is -2.34. The number of fused-ring (bicyclic) bond motifs is 6. The topological polar surface area (TPSA) is 4.93 Å². The second-order valence-corrected chi connectivity index (χ2v) is 11.5. The van der Waals surface area contributed by atoms with Gasteiger partial charge in [0.25, 0.3) is 0 Å². The molecule has 0 atom stereocenters. The van der Waals surface area contributed by atoms with E-state index in [-0.39, 0.29) is 0 Å². The Hall–Kier alpha value is -4.40. The molecule has 0 amide bonds. The highest BCUT2D eigenvalue weighted by Gasteiger charge is 2.49. The summed E-state index contributed by atoms with van der Waals surface area (Å²) < 4.78 is 3.62. The first-order valence-electron chi connectivity index (χ1n) is 13.4. The van der Waals surface area contributed by atoms with E-state index in [9.17, 15) is 0 Å². The predicted octanol–water partition coefficient (Wildman–Crippen LogP) is 9.89. The van der Waals surface area contributed by atoms with E-state index in [0.29, 0.717) is 0 Å². The molecule has 2 heterocycles. The Bertz CT molecular complexity index is 2080. The summed E-state index contributed by atoms with van der Waals surface area (Å²) in [6.07, 6.45) is 0. The molecule has 7 aromatic rings. The minimum absolute atomic E-state index is 0.437. The van der Waals surface area contributed by atoms with Crippen LogP contribution in [0.2, 0.25) is 0 Å². The normalized spacial score (nSPS) is 14.0. The highest BCUT2D eigenvalue weighted by atomic mass is 79.9. The third kappa shape index (κ3) is 2.55. The lowest BCUT2D eigenvalue weighted by atomic mass is 9.67. The minimum Gasteiger partial charge on any atom is -0.308 e. The fourth-order valence-corrected chi connectivity index (χ4v) is 7.92. The molecule has 0 spiro atoms. The maximum atomic E-state index is 3.95. The zero-order valence-electron chi connectivity index (χ0n) is 21.0. The molecule has 0 unspecified atom stereocenters. The van der Waals surface area contributed by atoms with Gasteiger partial charge in [-0.05, 0) is 57.6 Å². The quantitative estimate of drug-likeness (QED) is 0.198. The number of para-hydroxylation sites is 2. The molecule has 1 nitrogen and oxygen atoms in total. The fourth-order valence-electron chi connectivity index (χ4n) is 7.46. The van der Waals surface area contributed by atoms with Crippen molar-refractivity contribution in [3.8, 4) is 27.9 Å².